The van der Waals surface area contributed by atoms with Gasteiger partial charge in [0.1, 0.15) is 0 Å². The first-order chi connectivity index (χ1) is 10.7. The van der Waals surface area contributed by atoms with Crippen LogP contribution in [0.15, 0.2) is 24.3 Å². The average Bonchev–Trinajstić information content (AvgIpc) is 2.46. The molecule has 1 unspecified atom stereocenters. The third-order valence-corrected chi connectivity index (χ3v) is 2.69. The van der Waals surface area contributed by atoms with Gasteiger partial charge in [0, 0.05) is 5.69 Å². The molecule has 126 valence electrons. The van der Waals surface area contributed by atoms with Crippen molar-refractivity contribution in [1.29, 1.82) is 0 Å². The molecule has 0 aliphatic heterocycles. The highest BCUT2D eigenvalue weighted by molar-refractivity contribution is 6.05. The normalized spacial score (nSPS) is 12.2. The average molecular weight is 333 g/mol. The van der Waals surface area contributed by atoms with Gasteiger partial charge in [-0.1, -0.05) is 0 Å². The lowest BCUT2D eigenvalue weighted by molar-refractivity contribution is -0.196. The minimum absolute atomic E-state index is 0.0128. The third kappa shape index (κ3) is 4.97. The van der Waals surface area contributed by atoms with E-state index >= 15 is 0 Å². The lowest BCUT2D eigenvalue weighted by Gasteiger charge is -2.18. The summed E-state index contributed by atoms with van der Waals surface area (Å²) in [6, 6.07) is 4.94. The maximum Gasteiger partial charge on any atom is 0.411 e. The Labute approximate surface area is 129 Å². The van der Waals surface area contributed by atoms with Crippen LogP contribution >= 0.6 is 0 Å². The fraction of sp³-hybridized carbons (Fsp3) is 0.357. The smallest absolute Gasteiger partial charge is 0.411 e. The van der Waals surface area contributed by atoms with Crippen LogP contribution in [-0.2, 0) is 19.1 Å². The Balaban J connectivity index is 2.90. The number of anilines is 1. The largest absolute Gasteiger partial charge is 0.465 e. The third-order valence-electron chi connectivity index (χ3n) is 2.69. The molecule has 1 aromatic rings. The van der Waals surface area contributed by atoms with Crippen molar-refractivity contribution in [2.75, 3.05) is 19.0 Å². The van der Waals surface area contributed by atoms with Gasteiger partial charge in [0.2, 0.25) is 11.8 Å². The number of benzene rings is 1. The van der Waals surface area contributed by atoms with E-state index in [-0.39, 0.29) is 17.9 Å². The fourth-order valence-electron chi connectivity index (χ4n) is 1.64. The molecule has 0 saturated carbocycles. The second-order valence-electron chi connectivity index (χ2n) is 4.28. The van der Waals surface area contributed by atoms with Crippen LogP contribution in [0.1, 0.15) is 17.3 Å². The summed E-state index contributed by atoms with van der Waals surface area (Å²) in [4.78, 5) is 34.3. The molecule has 0 heterocycles. The number of nitrogens with one attached hydrogen (secondary N) is 1. The van der Waals surface area contributed by atoms with Gasteiger partial charge in [-0.25, -0.2) is 4.79 Å². The summed E-state index contributed by atoms with van der Waals surface area (Å²) >= 11 is 0. The molecule has 0 aliphatic rings. The molecule has 1 rings (SSSR count). The molecule has 0 radical (unpaired) electrons. The topological polar surface area (TPSA) is 81.7 Å². The number of carbonyl (C=O) groups is 3. The second kappa shape index (κ2) is 7.61. The lowest BCUT2D eigenvalue weighted by Crippen LogP contribution is -2.41. The SMILES string of the molecule is CCOC(=O)C(C(=O)Nc1ccc(C(=O)OC)cc1)C(F)(F)F. The van der Waals surface area contributed by atoms with Crippen LogP contribution in [0.25, 0.3) is 0 Å². The molecule has 0 fully saturated rings. The van der Waals surface area contributed by atoms with Gasteiger partial charge in [-0.05, 0) is 31.2 Å². The number of alkyl halides is 3. The predicted octanol–water partition coefficient (Wildman–Crippen LogP) is 2.15. The zero-order chi connectivity index (χ0) is 17.6. The molecule has 0 bridgehead atoms. The van der Waals surface area contributed by atoms with Crippen LogP contribution in [0, 0.1) is 5.92 Å². The van der Waals surface area contributed by atoms with Gasteiger partial charge in [0.05, 0.1) is 19.3 Å². The quantitative estimate of drug-likeness (QED) is 0.659. The molecule has 1 N–H and O–H groups in total. The molecule has 0 aromatic heterocycles. The number of rotatable bonds is 5. The van der Waals surface area contributed by atoms with Gasteiger partial charge in [-0.3, -0.25) is 9.59 Å². The van der Waals surface area contributed by atoms with Crippen LogP contribution in [-0.4, -0.2) is 37.7 Å². The molecule has 1 amide bonds. The summed E-state index contributed by atoms with van der Waals surface area (Å²) in [6.45, 7) is 1.04. The van der Waals surface area contributed by atoms with E-state index in [1.165, 1.54) is 38.3 Å². The summed E-state index contributed by atoms with van der Waals surface area (Å²) in [5.41, 5.74) is 0.143. The van der Waals surface area contributed by atoms with Crippen molar-refractivity contribution in [3.63, 3.8) is 0 Å². The monoisotopic (exact) mass is 333 g/mol. The van der Waals surface area contributed by atoms with Gasteiger partial charge in [0.25, 0.3) is 0 Å². The molecular formula is C14H14F3NO5. The van der Waals surface area contributed by atoms with E-state index < -0.39 is 29.9 Å². The van der Waals surface area contributed by atoms with Crippen LogP contribution in [0.5, 0.6) is 0 Å². The van der Waals surface area contributed by atoms with E-state index in [4.69, 9.17) is 0 Å². The number of hydrogen-bond acceptors (Lipinski definition) is 5. The minimum Gasteiger partial charge on any atom is -0.465 e. The Morgan fingerprint density at radius 2 is 1.74 bits per heavy atom. The van der Waals surface area contributed by atoms with Crippen molar-refractivity contribution in [2.24, 2.45) is 5.92 Å². The van der Waals surface area contributed by atoms with Gasteiger partial charge in [-0.15, -0.1) is 0 Å². The van der Waals surface area contributed by atoms with Gasteiger partial charge < -0.3 is 14.8 Å². The predicted molar refractivity (Wildman–Crippen MR) is 72.6 cm³/mol. The molecule has 0 spiro atoms. The fourth-order valence-corrected chi connectivity index (χ4v) is 1.64. The number of amides is 1. The highest BCUT2D eigenvalue weighted by atomic mass is 19.4. The van der Waals surface area contributed by atoms with E-state index in [1.54, 1.807) is 0 Å². The zero-order valence-electron chi connectivity index (χ0n) is 12.3. The number of hydrogen-bond donors (Lipinski definition) is 1. The molecule has 0 saturated heterocycles. The molecular weight excluding hydrogens is 319 g/mol. The molecule has 1 aromatic carbocycles. The molecule has 1 atom stereocenters. The van der Waals surface area contributed by atoms with Crippen molar-refractivity contribution in [2.45, 2.75) is 13.1 Å². The number of esters is 2. The molecule has 23 heavy (non-hydrogen) atoms. The standard InChI is InChI=1S/C14H14F3NO5/c1-3-23-13(21)10(14(15,16)17)11(19)18-9-6-4-8(5-7-9)12(20)22-2/h4-7,10H,3H2,1-2H3,(H,18,19). The minimum atomic E-state index is -5.08. The van der Waals surface area contributed by atoms with Crippen LogP contribution in [0.3, 0.4) is 0 Å². The summed E-state index contributed by atoms with van der Waals surface area (Å²) in [5.74, 6) is -6.81. The first-order valence-corrected chi connectivity index (χ1v) is 6.43. The Hall–Kier alpha value is -2.58. The first kappa shape index (κ1) is 18.5. The first-order valence-electron chi connectivity index (χ1n) is 6.43. The Morgan fingerprint density at radius 1 is 1.17 bits per heavy atom. The maximum atomic E-state index is 12.8. The van der Waals surface area contributed by atoms with E-state index in [0.29, 0.717) is 0 Å². The highest BCUT2D eigenvalue weighted by Crippen LogP contribution is 2.28. The Morgan fingerprint density at radius 3 is 2.17 bits per heavy atom. The van der Waals surface area contributed by atoms with E-state index in [9.17, 15) is 27.6 Å². The van der Waals surface area contributed by atoms with Crippen molar-refractivity contribution in [3.8, 4) is 0 Å². The number of methoxy groups -OCH3 is 1. The van der Waals surface area contributed by atoms with Crippen molar-refractivity contribution in [1.82, 2.24) is 0 Å². The van der Waals surface area contributed by atoms with Gasteiger partial charge in [-0.2, -0.15) is 13.2 Å². The summed E-state index contributed by atoms with van der Waals surface area (Å²) < 4.78 is 47.3. The lowest BCUT2D eigenvalue weighted by atomic mass is 10.1. The second-order valence-corrected chi connectivity index (χ2v) is 4.28. The van der Waals surface area contributed by atoms with Crippen LogP contribution in [0.2, 0.25) is 0 Å². The van der Waals surface area contributed by atoms with Crippen LogP contribution < -0.4 is 5.32 Å². The van der Waals surface area contributed by atoms with E-state index in [1.807, 2.05) is 5.32 Å². The summed E-state index contributed by atoms with van der Waals surface area (Å²) in [5, 5.41) is 1.96. The zero-order valence-corrected chi connectivity index (χ0v) is 12.3. The number of carbonyl (C=O) groups excluding carboxylic acids is 3. The Bertz CT molecular complexity index is 583. The van der Waals surface area contributed by atoms with Crippen LogP contribution in [0.4, 0.5) is 18.9 Å². The summed E-state index contributed by atoms with van der Waals surface area (Å²) in [6.07, 6.45) is -5.08. The Kier molecular flexibility index (Phi) is 6.11. The van der Waals surface area contributed by atoms with Crippen molar-refractivity contribution in [3.05, 3.63) is 29.8 Å². The number of ether oxygens (including phenoxy) is 2. The number of halogens is 3. The maximum absolute atomic E-state index is 12.8. The van der Waals surface area contributed by atoms with E-state index in [2.05, 4.69) is 9.47 Å². The van der Waals surface area contributed by atoms with Crippen molar-refractivity contribution < 1.29 is 37.0 Å². The highest BCUT2D eigenvalue weighted by Gasteiger charge is 2.51. The van der Waals surface area contributed by atoms with E-state index in [0.717, 1.165) is 0 Å². The summed E-state index contributed by atoms with van der Waals surface area (Å²) in [7, 11) is 1.17. The molecule has 6 nitrogen and oxygen atoms in total. The van der Waals surface area contributed by atoms with Gasteiger partial charge in [0.15, 0.2) is 0 Å². The molecule has 0 aliphatic carbocycles. The van der Waals surface area contributed by atoms with Gasteiger partial charge >= 0.3 is 18.1 Å². The molecule has 9 heteroatoms. The van der Waals surface area contributed by atoms with Crippen molar-refractivity contribution >= 4 is 23.5 Å².